The van der Waals surface area contributed by atoms with Crippen molar-refractivity contribution in [3.05, 3.63) is 35.9 Å². The third kappa shape index (κ3) is 5.73. The molecule has 0 spiro atoms. The maximum Gasteiger partial charge on any atom is 0.302 e. The Morgan fingerprint density at radius 1 is 1.27 bits per heavy atom. The summed E-state index contributed by atoms with van der Waals surface area (Å²) < 4.78 is 33.9. The normalized spacial score (nSPS) is 18.9. The molecule has 1 atom stereocenters. The predicted octanol–water partition coefficient (Wildman–Crippen LogP) is 1.31. The summed E-state index contributed by atoms with van der Waals surface area (Å²) >= 11 is 0. The number of nitrogens with zero attached hydrogens (tertiary/aromatic N) is 1. The molecule has 1 saturated heterocycles. The van der Waals surface area contributed by atoms with E-state index in [-0.39, 0.29) is 12.3 Å². The number of likely N-dealkylation sites (tertiary alicyclic amines) is 1. The molecular weight excluding hydrogens is 307 g/mol. The summed E-state index contributed by atoms with van der Waals surface area (Å²) in [6.07, 6.45) is 0.911. The Hall–Kier alpha value is -1.47. The zero-order chi connectivity index (χ0) is 16.0. The highest BCUT2D eigenvalue weighted by atomic mass is 32.3. The summed E-state index contributed by atoms with van der Waals surface area (Å²) in [6, 6.07) is 10.0. The molecule has 1 amide bonds. The number of carbonyl (C=O) groups excluding carboxylic acids is 1. The molecule has 0 aromatic heterocycles. The molecule has 0 aliphatic carbocycles. The van der Waals surface area contributed by atoms with Gasteiger partial charge in [-0.2, -0.15) is 8.42 Å². The van der Waals surface area contributed by atoms with Crippen molar-refractivity contribution in [2.45, 2.75) is 19.4 Å². The van der Waals surface area contributed by atoms with Crippen LogP contribution in [0.2, 0.25) is 0 Å². The first-order chi connectivity index (χ1) is 10.4. The molecule has 1 aliphatic heterocycles. The van der Waals surface area contributed by atoms with Gasteiger partial charge in [0.25, 0.3) is 0 Å². The van der Waals surface area contributed by atoms with Gasteiger partial charge in [0, 0.05) is 32.0 Å². The predicted molar refractivity (Wildman–Crippen MR) is 82.3 cm³/mol. The summed E-state index contributed by atoms with van der Waals surface area (Å²) in [4.78, 5) is 13.4. The van der Waals surface area contributed by atoms with E-state index in [0.29, 0.717) is 13.1 Å². The highest BCUT2D eigenvalue weighted by molar-refractivity contribution is 7.86. The van der Waals surface area contributed by atoms with Crippen LogP contribution < -0.4 is 5.32 Å². The molecule has 1 aromatic rings. The molecule has 1 fully saturated rings. The summed E-state index contributed by atoms with van der Waals surface area (Å²) in [5.41, 5.74) is 1.20. The van der Waals surface area contributed by atoms with Gasteiger partial charge in [-0.05, 0) is 18.5 Å². The largest absolute Gasteiger partial charge is 0.342 e. The van der Waals surface area contributed by atoms with Gasteiger partial charge < -0.3 is 10.2 Å². The van der Waals surface area contributed by atoms with Gasteiger partial charge in [-0.15, -0.1) is 3.89 Å². The molecule has 1 aromatic carbocycles. The average Bonchev–Trinajstić information content (AvgIpc) is 2.77. The second-order valence-electron chi connectivity index (χ2n) is 5.63. The quantitative estimate of drug-likeness (QED) is 0.577. The van der Waals surface area contributed by atoms with E-state index in [4.69, 9.17) is 0 Å². The van der Waals surface area contributed by atoms with Gasteiger partial charge in [-0.1, -0.05) is 30.3 Å². The lowest BCUT2D eigenvalue weighted by Gasteiger charge is -2.16. The summed E-state index contributed by atoms with van der Waals surface area (Å²) in [7, 11) is -4.51. The van der Waals surface area contributed by atoms with Crippen molar-refractivity contribution >= 4 is 16.1 Å². The Kier molecular flexibility index (Phi) is 5.90. The van der Waals surface area contributed by atoms with Gasteiger partial charge in [0.2, 0.25) is 5.91 Å². The smallest absolute Gasteiger partial charge is 0.302 e. The van der Waals surface area contributed by atoms with Crippen LogP contribution in [0.15, 0.2) is 30.3 Å². The van der Waals surface area contributed by atoms with Crippen LogP contribution in [-0.4, -0.2) is 44.6 Å². The molecule has 7 heteroatoms. The number of nitrogens with one attached hydrogen (secondary N) is 1. The van der Waals surface area contributed by atoms with Crippen molar-refractivity contribution in [1.29, 1.82) is 0 Å². The summed E-state index contributed by atoms with van der Waals surface area (Å²) in [5.74, 6) is -1.06. The molecule has 0 bridgehead atoms. The minimum atomic E-state index is -4.51. The van der Waals surface area contributed by atoms with Crippen LogP contribution in [0.4, 0.5) is 3.89 Å². The average molecular weight is 328 g/mol. The lowest BCUT2D eigenvalue weighted by Crippen LogP contribution is -2.29. The van der Waals surface area contributed by atoms with Crippen molar-refractivity contribution in [2.75, 3.05) is 25.4 Å². The second-order valence-corrected chi connectivity index (χ2v) is 7.04. The Morgan fingerprint density at radius 2 is 2.00 bits per heavy atom. The van der Waals surface area contributed by atoms with Crippen molar-refractivity contribution < 1.29 is 17.1 Å². The molecule has 5 nitrogen and oxygen atoms in total. The van der Waals surface area contributed by atoms with Crippen LogP contribution in [0.5, 0.6) is 0 Å². The lowest BCUT2D eigenvalue weighted by atomic mass is 10.1. The van der Waals surface area contributed by atoms with E-state index in [1.807, 2.05) is 30.3 Å². The Labute approximate surface area is 130 Å². The zero-order valence-electron chi connectivity index (χ0n) is 12.4. The Bertz CT molecular complexity index is 592. The number of carbonyl (C=O) groups is 1. The molecule has 1 N–H and O–H groups in total. The molecule has 122 valence electrons. The molecule has 22 heavy (non-hydrogen) atoms. The van der Waals surface area contributed by atoms with Crippen LogP contribution in [0.25, 0.3) is 0 Å². The number of hydrogen-bond donors (Lipinski definition) is 1. The minimum Gasteiger partial charge on any atom is -0.342 e. The van der Waals surface area contributed by atoms with Crippen LogP contribution in [0, 0.1) is 5.92 Å². The summed E-state index contributed by atoms with van der Waals surface area (Å²) in [5, 5.41) is 3.30. The fourth-order valence-electron chi connectivity index (χ4n) is 2.69. The van der Waals surface area contributed by atoms with E-state index in [1.54, 1.807) is 4.90 Å². The van der Waals surface area contributed by atoms with Crippen LogP contribution >= 0.6 is 0 Å². The van der Waals surface area contributed by atoms with Crippen molar-refractivity contribution in [3.8, 4) is 0 Å². The van der Waals surface area contributed by atoms with Crippen molar-refractivity contribution in [1.82, 2.24) is 10.2 Å². The first kappa shape index (κ1) is 16.9. The second kappa shape index (κ2) is 7.69. The van der Waals surface area contributed by atoms with Crippen molar-refractivity contribution in [2.24, 2.45) is 5.92 Å². The first-order valence-electron chi connectivity index (χ1n) is 7.39. The summed E-state index contributed by atoms with van der Waals surface area (Å²) in [6.45, 7) is 2.45. The Balaban J connectivity index is 1.64. The van der Waals surface area contributed by atoms with Gasteiger partial charge in [0.05, 0.1) is 5.75 Å². The van der Waals surface area contributed by atoms with E-state index in [2.05, 4.69) is 5.32 Å². The van der Waals surface area contributed by atoms with Crippen LogP contribution in [0.3, 0.4) is 0 Å². The van der Waals surface area contributed by atoms with Gasteiger partial charge >= 0.3 is 10.2 Å². The van der Waals surface area contributed by atoms with E-state index in [1.165, 1.54) is 5.56 Å². The monoisotopic (exact) mass is 328 g/mol. The van der Waals surface area contributed by atoms with E-state index < -0.39 is 21.9 Å². The number of benzene rings is 1. The third-order valence-electron chi connectivity index (χ3n) is 3.68. The maximum atomic E-state index is 12.6. The highest BCUT2D eigenvalue weighted by Crippen LogP contribution is 2.20. The number of rotatable bonds is 8. The topological polar surface area (TPSA) is 66.5 Å². The molecule has 1 unspecified atom stereocenters. The standard InChI is InChI=1S/C15H21FN2O3S/c16-22(20,21)12-14-9-15(19)18(11-14)8-4-7-17-10-13-5-2-1-3-6-13/h1-3,5-6,14,17H,4,7-12H2. The lowest BCUT2D eigenvalue weighted by molar-refractivity contribution is -0.127. The first-order valence-corrected chi connectivity index (χ1v) is 8.94. The number of hydrogen-bond acceptors (Lipinski definition) is 4. The molecule has 1 aliphatic rings. The van der Waals surface area contributed by atoms with Gasteiger partial charge in [-0.25, -0.2) is 0 Å². The zero-order valence-corrected chi connectivity index (χ0v) is 13.2. The number of halogens is 1. The van der Waals surface area contributed by atoms with Crippen molar-refractivity contribution in [3.63, 3.8) is 0 Å². The fraction of sp³-hybridized carbons (Fsp3) is 0.533. The SMILES string of the molecule is O=C1CC(CS(=O)(=O)F)CN1CCCNCc1ccccc1. The van der Waals surface area contributed by atoms with E-state index in [0.717, 1.165) is 19.5 Å². The van der Waals surface area contributed by atoms with Gasteiger partial charge in [0.15, 0.2) is 0 Å². The van der Waals surface area contributed by atoms with Gasteiger partial charge in [-0.3, -0.25) is 4.79 Å². The minimum absolute atomic E-state index is 0.0864. The maximum absolute atomic E-state index is 12.6. The molecule has 2 rings (SSSR count). The van der Waals surface area contributed by atoms with Crippen LogP contribution in [0.1, 0.15) is 18.4 Å². The fourth-order valence-corrected chi connectivity index (χ4v) is 3.47. The molecule has 0 saturated carbocycles. The highest BCUT2D eigenvalue weighted by Gasteiger charge is 2.32. The van der Waals surface area contributed by atoms with E-state index in [9.17, 15) is 17.1 Å². The van der Waals surface area contributed by atoms with Gasteiger partial charge in [0.1, 0.15) is 0 Å². The molecule has 1 heterocycles. The van der Waals surface area contributed by atoms with Crippen LogP contribution in [-0.2, 0) is 21.6 Å². The number of amides is 1. The molecular formula is C15H21FN2O3S. The third-order valence-corrected chi connectivity index (χ3v) is 4.55. The Morgan fingerprint density at radius 3 is 2.68 bits per heavy atom. The molecule has 0 radical (unpaired) electrons. The van der Waals surface area contributed by atoms with E-state index >= 15 is 0 Å².